The summed E-state index contributed by atoms with van der Waals surface area (Å²) in [7, 11) is -10.3. The number of unbranched alkanes of at least 4 members (excludes halogenated alkanes) is 24. The summed E-state index contributed by atoms with van der Waals surface area (Å²) in [6.45, 7) is 3.57. The van der Waals surface area contributed by atoms with Crippen LogP contribution in [0.15, 0.2) is 0 Å². The number of carbonyl (C=O) groups excluding carboxylic acids is 3. The minimum atomic E-state index is -5.36. The van der Waals surface area contributed by atoms with Gasteiger partial charge in [-0.2, -0.15) is 0 Å². The number of aliphatic hydroxyl groups is 5. The number of hydrogen-bond donors (Lipinski definition) is 11. The van der Waals surface area contributed by atoms with Crippen LogP contribution in [0.2, 0.25) is 0 Å². The van der Waals surface area contributed by atoms with Gasteiger partial charge in [0.25, 0.3) is 0 Å². The lowest BCUT2D eigenvalue weighted by molar-refractivity contribution is -0.303. The first kappa shape index (κ1) is 73.4. The number of phosphoric acid groups is 2. The van der Waals surface area contributed by atoms with Crippen molar-refractivity contribution in [3.05, 3.63) is 0 Å². The lowest BCUT2D eigenvalue weighted by Gasteiger charge is -2.45. The van der Waals surface area contributed by atoms with E-state index in [0.29, 0.717) is 32.1 Å². The summed E-state index contributed by atoms with van der Waals surface area (Å²) in [6, 6.07) is -3.21. The van der Waals surface area contributed by atoms with Crippen LogP contribution < -0.4 is 10.6 Å². The van der Waals surface area contributed by atoms with E-state index in [1.54, 1.807) is 0 Å². The van der Waals surface area contributed by atoms with Crippen molar-refractivity contribution in [2.24, 2.45) is 0 Å². The Morgan fingerprint density at radius 1 is 0.532 bits per heavy atom. The van der Waals surface area contributed by atoms with Gasteiger partial charge in [0.2, 0.25) is 11.8 Å². The van der Waals surface area contributed by atoms with Crippen LogP contribution >= 0.6 is 15.6 Å². The average molecular weight is 1180 g/mol. The number of rotatable bonds is 48. The zero-order valence-electron chi connectivity index (χ0n) is 47.7. The number of hydrogen-bond acceptors (Lipinski definition) is 17. The Kier molecular flexibility index (Phi) is 39.9. The molecule has 0 saturated carbocycles. The molecular formula is C54H104N2O21P2. The Bertz CT molecular complexity index is 1700. The number of aliphatic hydroxyl groups excluding tert-OH is 5. The summed E-state index contributed by atoms with van der Waals surface area (Å²) in [4.78, 5) is 78.3. The van der Waals surface area contributed by atoms with Crippen molar-refractivity contribution in [2.75, 3.05) is 26.4 Å². The maximum absolute atomic E-state index is 14.0. The molecule has 2 fully saturated rings. The molecule has 0 radical (unpaired) electrons. The Morgan fingerprint density at radius 2 is 0.975 bits per heavy atom. The first-order chi connectivity index (χ1) is 37.7. The predicted octanol–water partition coefficient (Wildman–Crippen LogP) is 6.92. The van der Waals surface area contributed by atoms with Crippen LogP contribution in [0.1, 0.15) is 226 Å². The standard InChI is InChI=1S/C54H104N2O21P2/c1-4-7-10-13-16-19-22-25-28-31-40(58)36-44(59)55-47-50(63)49(62)43(76-53(47)71-34-35-73-78(65,66)67)39-72-54-48(51(64)52(42(38-57)75-54)77-79(68,69)70)56-45(60)37-41(32-29-26-23-20-17-14-11-8-5-2)74-46(61)33-30-27-24-21-18-15-12-9-6-3/h40-43,47-54,57-58,62-64H,4-39H2,1-3H3,(H,55,59)(H,56,60)(H2,65,66,67)(H2,68,69,70)/t40-,41-,42-,43-,47-,48-,49-,50-,51-,52-,53+,54-/m1/s1. The molecule has 0 bridgehead atoms. The minimum Gasteiger partial charge on any atom is -0.462 e. The van der Waals surface area contributed by atoms with E-state index in [4.69, 9.17) is 28.2 Å². The third-order valence-corrected chi connectivity index (χ3v) is 15.4. The second-order valence-corrected chi connectivity index (χ2v) is 23.9. The fraction of sp³-hybridized carbons (Fsp3) is 0.944. The van der Waals surface area contributed by atoms with E-state index in [2.05, 4.69) is 35.9 Å². The number of nitrogens with one attached hydrogen (secondary N) is 2. The van der Waals surface area contributed by atoms with Gasteiger partial charge < -0.3 is 79.4 Å². The molecule has 2 aliphatic rings. The van der Waals surface area contributed by atoms with Gasteiger partial charge in [0.15, 0.2) is 12.6 Å². The monoisotopic (exact) mass is 1180 g/mol. The molecule has 0 aromatic heterocycles. The van der Waals surface area contributed by atoms with Crippen molar-refractivity contribution in [2.45, 2.75) is 300 Å². The lowest BCUT2D eigenvalue weighted by atomic mass is 9.95. The van der Waals surface area contributed by atoms with Gasteiger partial charge in [-0.1, -0.05) is 181 Å². The van der Waals surface area contributed by atoms with Gasteiger partial charge in [0.05, 0.1) is 45.4 Å². The maximum atomic E-state index is 14.0. The molecule has 79 heavy (non-hydrogen) atoms. The van der Waals surface area contributed by atoms with E-state index in [1.165, 1.54) is 64.2 Å². The second-order valence-electron chi connectivity index (χ2n) is 21.5. The zero-order valence-corrected chi connectivity index (χ0v) is 49.5. The molecule has 0 aromatic rings. The molecule has 0 aliphatic carbocycles. The number of amides is 2. The molecule has 11 N–H and O–H groups in total. The molecule has 12 atom stereocenters. The largest absolute Gasteiger partial charge is 0.470 e. The molecule has 23 nitrogen and oxygen atoms in total. The van der Waals surface area contributed by atoms with Crippen molar-refractivity contribution >= 4 is 33.4 Å². The van der Waals surface area contributed by atoms with Gasteiger partial charge in [-0.25, -0.2) is 9.13 Å². The molecule has 25 heteroatoms. The number of phosphoric ester groups is 2. The molecule has 2 aliphatic heterocycles. The highest BCUT2D eigenvalue weighted by Gasteiger charge is 2.51. The van der Waals surface area contributed by atoms with E-state index < -0.39 is 133 Å². The van der Waals surface area contributed by atoms with E-state index in [9.17, 15) is 68.6 Å². The molecule has 0 aromatic carbocycles. The minimum absolute atomic E-state index is 0.160. The van der Waals surface area contributed by atoms with E-state index in [0.717, 1.165) is 89.9 Å². The summed E-state index contributed by atoms with van der Waals surface area (Å²) >= 11 is 0. The van der Waals surface area contributed by atoms with Crippen molar-refractivity contribution in [3.63, 3.8) is 0 Å². The first-order valence-electron chi connectivity index (χ1n) is 29.8. The Balaban J connectivity index is 2.24. The van der Waals surface area contributed by atoms with Crippen molar-refractivity contribution in [1.29, 1.82) is 0 Å². The van der Waals surface area contributed by atoms with Crippen molar-refractivity contribution < 1.29 is 101 Å². The second kappa shape index (κ2) is 43.0. The van der Waals surface area contributed by atoms with E-state index in [1.807, 2.05) is 0 Å². The number of carbonyl (C=O) groups is 3. The van der Waals surface area contributed by atoms with Crippen LogP contribution in [-0.2, 0) is 56.2 Å². The molecule has 466 valence electrons. The molecule has 2 amide bonds. The normalized spacial score (nSPS) is 24.5. The zero-order chi connectivity index (χ0) is 58.5. The molecule has 2 saturated heterocycles. The molecular weight excluding hydrogens is 1070 g/mol. The lowest BCUT2D eigenvalue weighted by Crippen LogP contribution is -2.67. The van der Waals surface area contributed by atoms with Gasteiger partial charge >= 0.3 is 21.6 Å². The first-order valence-corrected chi connectivity index (χ1v) is 32.9. The molecule has 2 rings (SSSR count). The van der Waals surface area contributed by atoms with Crippen LogP contribution in [0.5, 0.6) is 0 Å². The summed E-state index contributed by atoms with van der Waals surface area (Å²) in [6.07, 6.45) is 12.2. The van der Waals surface area contributed by atoms with Gasteiger partial charge in [0, 0.05) is 6.42 Å². The number of ether oxygens (including phenoxy) is 5. The van der Waals surface area contributed by atoms with Crippen LogP contribution in [0, 0.1) is 0 Å². The molecule has 2 heterocycles. The van der Waals surface area contributed by atoms with E-state index in [-0.39, 0.29) is 19.3 Å². The average Bonchev–Trinajstić information content (AvgIpc) is 3.38. The Labute approximate surface area is 470 Å². The SMILES string of the molecule is CCCCCCCCCCCC(=O)O[C@H](CCCCCCCCCCC)CC(=O)N[C@H]1[C@H](OC[C@H]2O[C@H](OCCOP(=O)(O)O)[C@H](NC(=O)C[C@H](O)CCCCCCCCCCC)[C@@H](O)[C@@H]2O)O[C@H](CO)[C@@H](OP(=O)(O)O)[C@@H]1O. The molecule has 0 unspecified atom stereocenters. The quantitative estimate of drug-likeness (QED) is 0.0167. The highest BCUT2D eigenvalue weighted by atomic mass is 31.2. The van der Waals surface area contributed by atoms with E-state index >= 15 is 0 Å². The van der Waals surface area contributed by atoms with Gasteiger partial charge in [-0.3, -0.25) is 23.4 Å². The van der Waals surface area contributed by atoms with Gasteiger partial charge in [0.1, 0.15) is 54.8 Å². The maximum Gasteiger partial charge on any atom is 0.470 e. The fourth-order valence-corrected chi connectivity index (χ4v) is 10.8. The summed E-state index contributed by atoms with van der Waals surface area (Å²) in [5.74, 6) is -1.97. The van der Waals surface area contributed by atoms with Crippen LogP contribution in [0.4, 0.5) is 0 Å². The molecule has 0 spiro atoms. The summed E-state index contributed by atoms with van der Waals surface area (Å²) in [5.41, 5.74) is 0. The van der Waals surface area contributed by atoms with Gasteiger partial charge in [-0.05, 0) is 25.7 Å². The summed E-state index contributed by atoms with van der Waals surface area (Å²) < 4.78 is 62.0. The van der Waals surface area contributed by atoms with Crippen LogP contribution in [0.25, 0.3) is 0 Å². The summed E-state index contributed by atoms with van der Waals surface area (Å²) in [5, 5.41) is 60.5. The highest BCUT2D eigenvalue weighted by Crippen LogP contribution is 2.42. The number of esters is 1. The smallest absolute Gasteiger partial charge is 0.462 e. The fourth-order valence-electron chi connectivity index (χ4n) is 9.94. The Hall–Kier alpha value is -1.73. The predicted molar refractivity (Wildman–Crippen MR) is 294 cm³/mol. The third-order valence-electron chi connectivity index (χ3n) is 14.4. The topological polar surface area (TPSA) is 356 Å². The van der Waals surface area contributed by atoms with Crippen molar-refractivity contribution in [1.82, 2.24) is 10.6 Å². The highest BCUT2D eigenvalue weighted by molar-refractivity contribution is 7.46. The van der Waals surface area contributed by atoms with Crippen LogP contribution in [-0.4, -0.2) is 163 Å². The van der Waals surface area contributed by atoms with Crippen LogP contribution in [0.3, 0.4) is 0 Å². The third kappa shape index (κ3) is 34.0. The van der Waals surface area contributed by atoms with Gasteiger partial charge in [-0.15, -0.1) is 0 Å². The Morgan fingerprint density at radius 3 is 1.47 bits per heavy atom. The van der Waals surface area contributed by atoms with Crippen molar-refractivity contribution in [3.8, 4) is 0 Å².